The van der Waals surface area contributed by atoms with Crippen LogP contribution in [0.3, 0.4) is 0 Å². The first kappa shape index (κ1) is 23.3. The predicted octanol–water partition coefficient (Wildman–Crippen LogP) is 6.97. The first-order valence-electron chi connectivity index (χ1n) is 13.3. The lowest BCUT2D eigenvalue weighted by Gasteiger charge is -2.61. The summed E-state index contributed by atoms with van der Waals surface area (Å²) in [6.45, 7) is 11.0. The second-order valence-corrected chi connectivity index (χ2v) is 12.5. The molecule has 9 atom stereocenters. The zero-order valence-electron chi connectivity index (χ0n) is 20.8. The molecule has 0 N–H and O–H groups in total. The van der Waals surface area contributed by atoms with Gasteiger partial charge < -0.3 is 9.53 Å². The molecule has 0 radical (unpaired) electrons. The molecular weight excluding hydrogens is 384 g/mol. The molecule has 4 aliphatic carbocycles. The fraction of sp³-hybridized carbons (Fsp3) is 0.929. The van der Waals surface area contributed by atoms with Gasteiger partial charge >= 0.3 is 5.97 Å². The minimum Gasteiger partial charge on any atom is -0.463 e. The van der Waals surface area contributed by atoms with E-state index in [2.05, 4.69) is 20.8 Å². The Morgan fingerprint density at radius 1 is 0.935 bits per heavy atom. The maximum Gasteiger partial charge on any atom is 0.302 e. The Hall–Kier alpha value is -0.860. The monoisotopic (exact) mass is 430 g/mol. The van der Waals surface area contributed by atoms with Crippen molar-refractivity contribution < 1.29 is 14.3 Å². The molecule has 0 aromatic rings. The number of carbonyl (C=O) groups is 2. The summed E-state index contributed by atoms with van der Waals surface area (Å²) in [4.78, 5) is 22.9. The number of hydrogen-bond acceptors (Lipinski definition) is 3. The van der Waals surface area contributed by atoms with Crippen LogP contribution in [-0.2, 0) is 14.3 Å². The Labute approximate surface area is 190 Å². The molecule has 4 saturated carbocycles. The van der Waals surface area contributed by atoms with Gasteiger partial charge in [-0.15, -0.1) is 0 Å². The van der Waals surface area contributed by atoms with Crippen molar-refractivity contribution in [2.24, 2.45) is 46.3 Å². The van der Waals surface area contributed by atoms with Crippen LogP contribution in [0.4, 0.5) is 0 Å². The van der Waals surface area contributed by atoms with Gasteiger partial charge in [0.2, 0.25) is 0 Å². The SMILES string of the molecule is CC(=O)CCC[C@@H](C)[C@H]1CC[C@H]2[C@@H]3CC[C@H]4C[C@@H](OC(C)=O)CC[C@]4(C)[C@H]3CC[C@]12C. The third kappa shape index (κ3) is 4.24. The maximum atomic E-state index is 11.5. The third-order valence-corrected chi connectivity index (χ3v) is 10.9. The number of Topliss-reactive ketones (excluding diaryl/α,β-unsaturated/α-hetero) is 1. The van der Waals surface area contributed by atoms with Crippen molar-refractivity contribution in [3.05, 3.63) is 0 Å². The number of ketones is 1. The molecule has 0 aromatic carbocycles. The summed E-state index contributed by atoms with van der Waals surface area (Å²) in [5, 5.41) is 0. The Bertz CT molecular complexity index is 686. The highest BCUT2D eigenvalue weighted by molar-refractivity contribution is 5.75. The van der Waals surface area contributed by atoms with Gasteiger partial charge in [-0.05, 0) is 117 Å². The number of rotatable bonds is 6. The molecule has 4 rings (SSSR count). The van der Waals surface area contributed by atoms with E-state index in [1.807, 2.05) is 0 Å². The van der Waals surface area contributed by atoms with E-state index in [9.17, 15) is 9.59 Å². The van der Waals surface area contributed by atoms with Gasteiger partial charge in [0.25, 0.3) is 0 Å². The molecule has 0 saturated heterocycles. The second-order valence-electron chi connectivity index (χ2n) is 12.5. The number of ether oxygens (including phenoxy) is 1. The Morgan fingerprint density at radius 2 is 1.65 bits per heavy atom. The van der Waals surface area contributed by atoms with Crippen molar-refractivity contribution in [3.8, 4) is 0 Å². The molecule has 31 heavy (non-hydrogen) atoms. The molecule has 0 aliphatic heterocycles. The van der Waals surface area contributed by atoms with Crippen molar-refractivity contribution in [2.45, 2.75) is 118 Å². The van der Waals surface area contributed by atoms with Crippen LogP contribution in [0.1, 0.15) is 112 Å². The molecule has 4 fully saturated rings. The van der Waals surface area contributed by atoms with Crippen LogP contribution in [0.2, 0.25) is 0 Å². The largest absolute Gasteiger partial charge is 0.463 e. The van der Waals surface area contributed by atoms with E-state index in [0.29, 0.717) is 16.6 Å². The summed E-state index contributed by atoms with van der Waals surface area (Å²) in [5.74, 6) is 5.23. The molecule has 0 aromatic heterocycles. The van der Waals surface area contributed by atoms with Gasteiger partial charge in [0.15, 0.2) is 0 Å². The zero-order chi connectivity index (χ0) is 22.4. The maximum absolute atomic E-state index is 11.5. The molecule has 3 nitrogen and oxygen atoms in total. The average Bonchev–Trinajstić information content (AvgIpc) is 3.05. The van der Waals surface area contributed by atoms with E-state index < -0.39 is 0 Å². The first-order valence-corrected chi connectivity index (χ1v) is 13.3. The second kappa shape index (κ2) is 8.82. The van der Waals surface area contributed by atoms with Gasteiger partial charge in [-0.1, -0.05) is 27.2 Å². The van der Waals surface area contributed by atoms with Crippen LogP contribution in [0.25, 0.3) is 0 Å². The van der Waals surface area contributed by atoms with Crippen LogP contribution in [0.15, 0.2) is 0 Å². The highest BCUT2D eigenvalue weighted by atomic mass is 16.5. The minimum atomic E-state index is -0.106. The van der Waals surface area contributed by atoms with Gasteiger partial charge in [-0.2, -0.15) is 0 Å². The van der Waals surface area contributed by atoms with Crippen molar-refractivity contribution in [1.29, 1.82) is 0 Å². The van der Waals surface area contributed by atoms with Gasteiger partial charge in [-0.3, -0.25) is 4.79 Å². The van der Waals surface area contributed by atoms with Crippen molar-refractivity contribution in [2.75, 3.05) is 0 Å². The Kier molecular flexibility index (Phi) is 6.63. The Morgan fingerprint density at radius 3 is 2.35 bits per heavy atom. The fourth-order valence-corrected chi connectivity index (χ4v) is 9.41. The van der Waals surface area contributed by atoms with Crippen LogP contribution < -0.4 is 0 Å². The molecule has 0 heterocycles. The van der Waals surface area contributed by atoms with Crippen LogP contribution >= 0.6 is 0 Å². The van der Waals surface area contributed by atoms with Gasteiger partial charge in [0.05, 0.1) is 0 Å². The molecular formula is C28H46O3. The quantitative estimate of drug-likeness (QED) is 0.427. The highest BCUT2D eigenvalue weighted by Gasteiger charge is 2.60. The number of carbonyl (C=O) groups excluding carboxylic acids is 2. The Balaban J connectivity index is 1.44. The molecule has 3 heteroatoms. The van der Waals surface area contributed by atoms with E-state index in [1.165, 1.54) is 51.4 Å². The van der Waals surface area contributed by atoms with E-state index >= 15 is 0 Å². The van der Waals surface area contributed by atoms with E-state index in [1.54, 1.807) is 13.8 Å². The lowest BCUT2D eigenvalue weighted by atomic mass is 9.44. The van der Waals surface area contributed by atoms with Crippen molar-refractivity contribution in [1.82, 2.24) is 0 Å². The molecule has 0 bridgehead atoms. The number of esters is 1. The summed E-state index contributed by atoms with van der Waals surface area (Å²) < 4.78 is 5.63. The normalized spacial score (nSPS) is 45.2. The number of hydrogen-bond donors (Lipinski definition) is 0. The van der Waals surface area contributed by atoms with Crippen LogP contribution in [0, 0.1) is 46.3 Å². The van der Waals surface area contributed by atoms with E-state index in [0.717, 1.165) is 61.2 Å². The lowest BCUT2D eigenvalue weighted by Crippen LogP contribution is -2.54. The van der Waals surface area contributed by atoms with Gasteiger partial charge in [0, 0.05) is 13.3 Å². The molecule has 0 unspecified atom stereocenters. The fourth-order valence-electron chi connectivity index (χ4n) is 9.41. The van der Waals surface area contributed by atoms with Crippen LogP contribution in [-0.4, -0.2) is 17.9 Å². The third-order valence-electron chi connectivity index (χ3n) is 10.9. The summed E-state index contributed by atoms with van der Waals surface area (Å²) in [7, 11) is 0. The van der Waals surface area contributed by atoms with Gasteiger partial charge in [-0.25, -0.2) is 0 Å². The van der Waals surface area contributed by atoms with E-state index in [4.69, 9.17) is 4.74 Å². The molecule has 0 amide bonds. The topological polar surface area (TPSA) is 43.4 Å². The summed E-state index contributed by atoms with van der Waals surface area (Å²) >= 11 is 0. The molecule has 4 aliphatic rings. The van der Waals surface area contributed by atoms with Gasteiger partial charge in [0.1, 0.15) is 11.9 Å². The summed E-state index contributed by atoms with van der Waals surface area (Å²) in [6.07, 6.45) is 15.0. The standard InChI is InChI=1S/C28H46O3/c1-18(7-6-8-19(2)29)24-11-12-25-23-10-9-21-17-22(31-20(3)30)13-15-27(21,4)26(23)14-16-28(24,25)5/h18,21-26H,6-17H2,1-5H3/t18-,21+,22+,23+,24-,25+,26+,27+,28-/m1/s1. The molecule has 0 spiro atoms. The lowest BCUT2D eigenvalue weighted by molar-refractivity contribution is -0.160. The van der Waals surface area contributed by atoms with Crippen molar-refractivity contribution >= 4 is 11.8 Å². The van der Waals surface area contributed by atoms with Crippen molar-refractivity contribution in [3.63, 3.8) is 0 Å². The zero-order valence-corrected chi connectivity index (χ0v) is 20.8. The first-order chi connectivity index (χ1) is 14.6. The number of fused-ring (bicyclic) bond motifs is 5. The van der Waals surface area contributed by atoms with E-state index in [-0.39, 0.29) is 12.1 Å². The smallest absolute Gasteiger partial charge is 0.302 e. The van der Waals surface area contributed by atoms with Crippen LogP contribution in [0.5, 0.6) is 0 Å². The average molecular weight is 431 g/mol. The summed E-state index contributed by atoms with van der Waals surface area (Å²) in [6, 6.07) is 0. The predicted molar refractivity (Wildman–Crippen MR) is 124 cm³/mol. The molecule has 176 valence electrons. The summed E-state index contributed by atoms with van der Waals surface area (Å²) in [5.41, 5.74) is 0.959. The minimum absolute atomic E-state index is 0.106. The highest BCUT2D eigenvalue weighted by Crippen LogP contribution is 2.68.